The fraction of sp³-hybridized carbons (Fsp3) is 0.579. The molecule has 0 saturated heterocycles. The first-order valence-electron chi connectivity index (χ1n) is 8.84. The zero-order valence-electron chi connectivity index (χ0n) is 14.8. The molecule has 1 aromatic carbocycles. The molecule has 0 bridgehead atoms. The van der Waals surface area contributed by atoms with E-state index >= 15 is 0 Å². The first-order chi connectivity index (χ1) is 11.9. The minimum Gasteiger partial charge on any atom is -0.461 e. The number of carbonyl (C=O) groups excluding carboxylic acids is 1. The Balaban J connectivity index is 1.79. The molecule has 0 N–H and O–H groups in total. The number of para-hydroxylation sites is 1. The second-order valence-corrected chi connectivity index (χ2v) is 8.80. The minimum absolute atomic E-state index is 0.0627. The number of fused-ring (bicyclic) bond motifs is 1. The number of nitrogens with zero attached hydrogens (tertiary/aromatic N) is 1. The van der Waals surface area contributed by atoms with E-state index in [4.69, 9.17) is 16.3 Å². The number of thiazole rings is 1. The van der Waals surface area contributed by atoms with Crippen molar-refractivity contribution in [2.24, 2.45) is 17.8 Å². The number of halogens is 1. The van der Waals surface area contributed by atoms with Gasteiger partial charge < -0.3 is 4.74 Å². The highest BCUT2D eigenvalue weighted by Crippen LogP contribution is 2.35. The average Bonchev–Trinajstić information content (AvgIpc) is 2.84. The van der Waals surface area contributed by atoms with Crippen molar-refractivity contribution >= 4 is 39.1 Å². The number of hydrogen-bond donors (Lipinski definition) is 0. The molecule has 1 heterocycles. The van der Waals surface area contributed by atoms with Crippen LogP contribution in [0.5, 0.6) is 0 Å². The quantitative estimate of drug-likeness (QED) is 0.720. The number of carbonyl (C=O) groups is 1. The maximum Gasteiger partial charge on any atom is 0.326 e. The van der Waals surface area contributed by atoms with Gasteiger partial charge in [0.15, 0.2) is 0 Å². The Hall–Kier alpha value is -1.33. The van der Waals surface area contributed by atoms with Crippen molar-refractivity contribution in [1.82, 2.24) is 4.57 Å². The maximum absolute atomic E-state index is 12.5. The van der Waals surface area contributed by atoms with Crippen LogP contribution in [-0.4, -0.2) is 16.6 Å². The predicted molar refractivity (Wildman–Crippen MR) is 102 cm³/mol. The van der Waals surface area contributed by atoms with Gasteiger partial charge in [-0.2, -0.15) is 0 Å². The summed E-state index contributed by atoms with van der Waals surface area (Å²) in [5.74, 6) is 1.07. The lowest BCUT2D eigenvalue weighted by molar-refractivity contribution is -0.156. The van der Waals surface area contributed by atoms with Crippen LogP contribution in [0.2, 0.25) is 5.02 Å². The summed E-state index contributed by atoms with van der Waals surface area (Å²) in [6, 6.07) is 5.38. The summed E-state index contributed by atoms with van der Waals surface area (Å²) in [5, 5.41) is 0.481. The number of benzene rings is 1. The van der Waals surface area contributed by atoms with Crippen LogP contribution in [0.4, 0.5) is 0 Å². The van der Waals surface area contributed by atoms with Gasteiger partial charge in [0.25, 0.3) is 0 Å². The normalized spacial score (nSPS) is 24.0. The molecule has 6 heteroatoms. The average molecular weight is 382 g/mol. The Morgan fingerprint density at radius 1 is 1.40 bits per heavy atom. The minimum atomic E-state index is -0.355. The monoisotopic (exact) mass is 381 g/mol. The molecule has 1 aliphatic rings. The van der Waals surface area contributed by atoms with Gasteiger partial charge in [0.05, 0.1) is 15.2 Å². The van der Waals surface area contributed by atoms with E-state index in [9.17, 15) is 9.59 Å². The molecule has 2 aromatic rings. The van der Waals surface area contributed by atoms with E-state index in [0.29, 0.717) is 28.3 Å². The summed E-state index contributed by atoms with van der Waals surface area (Å²) in [5.41, 5.74) is 0.619. The number of esters is 1. The van der Waals surface area contributed by atoms with Crippen molar-refractivity contribution < 1.29 is 9.53 Å². The van der Waals surface area contributed by atoms with Gasteiger partial charge in [-0.25, -0.2) is 0 Å². The standard InChI is InChI=1S/C19H24ClNO3S/c1-11(2)13-8-7-12(3)9-15(13)24-17(22)10-21-18-14(20)5-4-6-16(18)25-19(21)23/h4-6,11-13,15H,7-10H2,1-3H3/t12-,13-,15-/m1/s1. The van der Waals surface area contributed by atoms with Crippen LogP contribution >= 0.6 is 22.9 Å². The molecular formula is C19H24ClNO3S. The summed E-state index contributed by atoms with van der Waals surface area (Å²) >= 11 is 7.33. The smallest absolute Gasteiger partial charge is 0.326 e. The van der Waals surface area contributed by atoms with Gasteiger partial charge in [-0.15, -0.1) is 0 Å². The second-order valence-electron chi connectivity index (χ2n) is 7.40. The Bertz CT molecular complexity index is 826. The molecule has 1 fully saturated rings. The van der Waals surface area contributed by atoms with Crippen molar-refractivity contribution in [1.29, 1.82) is 0 Å². The highest BCUT2D eigenvalue weighted by Gasteiger charge is 2.33. The van der Waals surface area contributed by atoms with Gasteiger partial charge >= 0.3 is 10.8 Å². The summed E-state index contributed by atoms with van der Waals surface area (Å²) in [4.78, 5) is 24.6. The Morgan fingerprint density at radius 2 is 2.16 bits per heavy atom. The van der Waals surface area contributed by atoms with E-state index in [-0.39, 0.29) is 23.5 Å². The molecule has 136 valence electrons. The first-order valence-corrected chi connectivity index (χ1v) is 10.0. The largest absolute Gasteiger partial charge is 0.461 e. The molecule has 25 heavy (non-hydrogen) atoms. The SMILES string of the molecule is CC(C)[C@H]1CC[C@@H](C)C[C@H]1OC(=O)Cn1c(=O)sc2cccc(Cl)c21. The van der Waals surface area contributed by atoms with Gasteiger partial charge in [0.2, 0.25) is 0 Å². The molecule has 4 nitrogen and oxygen atoms in total. The molecule has 0 radical (unpaired) electrons. The van der Waals surface area contributed by atoms with Crippen molar-refractivity contribution in [3.05, 3.63) is 32.9 Å². The lowest BCUT2D eigenvalue weighted by Gasteiger charge is -2.36. The molecule has 1 saturated carbocycles. The molecular weight excluding hydrogens is 358 g/mol. The van der Waals surface area contributed by atoms with Crippen LogP contribution in [0.3, 0.4) is 0 Å². The van der Waals surface area contributed by atoms with E-state index < -0.39 is 0 Å². The Morgan fingerprint density at radius 3 is 2.88 bits per heavy atom. The van der Waals surface area contributed by atoms with Crippen LogP contribution in [0.25, 0.3) is 10.2 Å². The molecule has 0 aliphatic heterocycles. The van der Waals surface area contributed by atoms with Crippen LogP contribution in [0, 0.1) is 17.8 Å². The fourth-order valence-corrected chi connectivity index (χ4v) is 5.06. The molecule has 0 spiro atoms. The molecule has 0 amide bonds. The second kappa shape index (κ2) is 7.50. The number of aromatic nitrogens is 1. The summed E-state index contributed by atoms with van der Waals surface area (Å²) < 4.78 is 8.04. The number of hydrogen-bond acceptors (Lipinski definition) is 4. The Labute approximate surface area is 156 Å². The summed E-state index contributed by atoms with van der Waals surface area (Å²) in [6.07, 6.45) is 3.10. The van der Waals surface area contributed by atoms with E-state index in [1.54, 1.807) is 12.1 Å². The topological polar surface area (TPSA) is 48.3 Å². The number of rotatable bonds is 4. The summed E-state index contributed by atoms with van der Waals surface area (Å²) in [6.45, 7) is 6.47. The van der Waals surface area contributed by atoms with Crippen LogP contribution in [0.15, 0.2) is 23.0 Å². The third kappa shape index (κ3) is 3.93. The van der Waals surface area contributed by atoms with E-state index in [1.807, 2.05) is 6.07 Å². The van der Waals surface area contributed by atoms with Gasteiger partial charge in [-0.1, -0.05) is 56.2 Å². The first kappa shape index (κ1) is 18.5. The van der Waals surface area contributed by atoms with Crippen molar-refractivity contribution in [2.45, 2.75) is 52.7 Å². The van der Waals surface area contributed by atoms with E-state index in [0.717, 1.165) is 28.9 Å². The fourth-order valence-electron chi connectivity index (χ4n) is 3.81. The van der Waals surface area contributed by atoms with Gasteiger partial charge in [0, 0.05) is 0 Å². The lowest BCUT2D eigenvalue weighted by atomic mass is 9.75. The molecule has 0 unspecified atom stereocenters. The molecule has 3 atom stereocenters. The van der Waals surface area contributed by atoms with E-state index in [2.05, 4.69) is 20.8 Å². The highest BCUT2D eigenvalue weighted by molar-refractivity contribution is 7.16. The van der Waals surface area contributed by atoms with Gasteiger partial charge in [-0.3, -0.25) is 14.2 Å². The van der Waals surface area contributed by atoms with Crippen LogP contribution in [-0.2, 0) is 16.1 Å². The van der Waals surface area contributed by atoms with Crippen molar-refractivity contribution in [3.63, 3.8) is 0 Å². The van der Waals surface area contributed by atoms with Crippen molar-refractivity contribution in [3.8, 4) is 0 Å². The molecule has 1 aliphatic carbocycles. The molecule has 3 rings (SSSR count). The van der Waals surface area contributed by atoms with Crippen LogP contribution in [0.1, 0.15) is 40.0 Å². The molecule has 1 aromatic heterocycles. The highest BCUT2D eigenvalue weighted by atomic mass is 35.5. The zero-order valence-corrected chi connectivity index (χ0v) is 16.4. The lowest BCUT2D eigenvalue weighted by Crippen LogP contribution is -2.37. The Kier molecular flexibility index (Phi) is 5.54. The summed E-state index contributed by atoms with van der Waals surface area (Å²) in [7, 11) is 0. The van der Waals surface area contributed by atoms with Gasteiger partial charge in [-0.05, 0) is 42.7 Å². The third-order valence-corrected chi connectivity index (χ3v) is 6.42. The van der Waals surface area contributed by atoms with E-state index in [1.165, 1.54) is 11.0 Å². The third-order valence-electron chi connectivity index (χ3n) is 5.17. The van der Waals surface area contributed by atoms with Crippen LogP contribution < -0.4 is 4.87 Å². The zero-order chi connectivity index (χ0) is 18.1. The van der Waals surface area contributed by atoms with Crippen molar-refractivity contribution in [2.75, 3.05) is 0 Å². The number of ether oxygens (including phenoxy) is 1. The predicted octanol–water partition coefficient (Wildman–Crippen LogP) is 4.72. The maximum atomic E-state index is 12.5. The van der Waals surface area contributed by atoms with Gasteiger partial charge in [0.1, 0.15) is 12.6 Å².